The molecule has 2 heterocycles. The largest absolute Gasteiger partial charge is 0.256 e. The molecule has 2 aliphatic carbocycles. The quantitative estimate of drug-likeness (QED) is 0.182. The molecule has 2 aliphatic rings. The van der Waals surface area contributed by atoms with E-state index in [-0.39, 0.29) is 10.8 Å². The van der Waals surface area contributed by atoms with E-state index in [0.717, 1.165) is 39.3 Å². The standard InChI is InChI=1S/C53H39N3/c1-52(2)44-22-10-9-19-38(44)42-29-47-43(30-46(42)52)39-24-23-35(27-45(39)53(47,3)4)51-55-48(31-50(56-51)41-21-12-16-33-14-6-8-18-37(33)41)34-25-26-54-49(28-34)40-20-11-15-32-13-5-7-17-36(32)40/h5-31H,1-4H3. The summed E-state index contributed by atoms with van der Waals surface area (Å²) in [6.45, 7) is 9.45. The zero-order valence-corrected chi connectivity index (χ0v) is 31.9. The van der Waals surface area contributed by atoms with Gasteiger partial charge in [0.15, 0.2) is 5.82 Å². The summed E-state index contributed by atoms with van der Waals surface area (Å²) >= 11 is 0. The maximum absolute atomic E-state index is 5.36. The van der Waals surface area contributed by atoms with Crippen molar-refractivity contribution in [1.82, 2.24) is 15.0 Å². The molecule has 0 amide bonds. The zero-order chi connectivity index (χ0) is 37.8. The van der Waals surface area contributed by atoms with Gasteiger partial charge < -0.3 is 0 Å². The third-order valence-corrected chi connectivity index (χ3v) is 12.5. The molecule has 266 valence electrons. The van der Waals surface area contributed by atoms with Gasteiger partial charge in [-0.05, 0) is 102 Å². The Balaban J connectivity index is 1.08. The molecule has 0 aliphatic heterocycles. The van der Waals surface area contributed by atoms with Gasteiger partial charge in [0, 0.05) is 39.3 Å². The minimum absolute atomic E-state index is 0.0550. The van der Waals surface area contributed by atoms with E-state index < -0.39 is 0 Å². The fourth-order valence-corrected chi connectivity index (χ4v) is 9.56. The van der Waals surface area contributed by atoms with Crippen molar-refractivity contribution in [1.29, 1.82) is 0 Å². The van der Waals surface area contributed by atoms with E-state index in [1.807, 2.05) is 6.20 Å². The molecule has 0 atom stereocenters. The van der Waals surface area contributed by atoms with Crippen molar-refractivity contribution in [3.8, 4) is 67.4 Å². The Morgan fingerprint density at radius 1 is 0.357 bits per heavy atom. The van der Waals surface area contributed by atoms with E-state index in [9.17, 15) is 0 Å². The molecule has 2 aromatic heterocycles. The van der Waals surface area contributed by atoms with Crippen LogP contribution in [-0.2, 0) is 10.8 Å². The molecular weight excluding hydrogens is 679 g/mol. The van der Waals surface area contributed by atoms with Crippen molar-refractivity contribution in [3.63, 3.8) is 0 Å². The van der Waals surface area contributed by atoms with Crippen LogP contribution in [0.1, 0.15) is 49.9 Å². The van der Waals surface area contributed by atoms with Gasteiger partial charge >= 0.3 is 0 Å². The minimum Gasteiger partial charge on any atom is -0.256 e. The first-order valence-electron chi connectivity index (χ1n) is 19.5. The molecule has 3 heteroatoms. The first-order valence-corrected chi connectivity index (χ1v) is 19.5. The molecule has 0 bridgehead atoms. The van der Waals surface area contributed by atoms with Crippen LogP contribution in [0.5, 0.6) is 0 Å². The fourth-order valence-electron chi connectivity index (χ4n) is 9.56. The summed E-state index contributed by atoms with van der Waals surface area (Å²) in [4.78, 5) is 15.6. The molecule has 0 radical (unpaired) electrons. The number of aromatic nitrogens is 3. The third-order valence-electron chi connectivity index (χ3n) is 12.5. The molecule has 0 fully saturated rings. The molecule has 0 unspecified atom stereocenters. The van der Waals surface area contributed by atoms with Crippen LogP contribution in [0.3, 0.4) is 0 Å². The first kappa shape index (κ1) is 32.7. The van der Waals surface area contributed by atoms with Gasteiger partial charge in [-0.15, -0.1) is 0 Å². The number of nitrogens with zero attached hydrogens (tertiary/aromatic N) is 3. The molecule has 0 saturated carbocycles. The second-order valence-electron chi connectivity index (χ2n) is 16.4. The van der Waals surface area contributed by atoms with E-state index in [1.54, 1.807) is 0 Å². The topological polar surface area (TPSA) is 38.7 Å². The predicted molar refractivity (Wildman–Crippen MR) is 232 cm³/mol. The Bertz CT molecular complexity index is 3090. The highest BCUT2D eigenvalue weighted by atomic mass is 14.9. The van der Waals surface area contributed by atoms with Crippen LogP contribution in [-0.4, -0.2) is 15.0 Å². The Labute approximate surface area is 327 Å². The van der Waals surface area contributed by atoms with Crippen LogP contribution >= 0.6 is 0 Å². The summed E-state index contributed by atoms with van der Waals surface area (Å²) in [5.74, 6) is 0.709. The average Bonchev–Trinajstić information content (AvgIpc) is 3.61. The lowest BCUT2D eigenvalue weighted by molar-refractivity contribution is 0.652. The Morgan fingerprint density at radius 3 is 1.61 bits per heavy atom. The van der Waals surface area contributed by atoms with E-state index in [0.29, 0.717) is 5.82 Å². The Kier molecular flexibility index (Phi) is 6.94. The zero-order valence-electron chi connectivity index (χ0n) is 31.9. The highest BCUT2D eigenvalue weighted by molar-refractivity contribution is 5.98. The summed E-state index contributed by atoms with van der Waals surface area (Å²) in [7, 11) is 0. The van der Waals surface area contributed by atoms with E-state index >= 15 is 0 Å². The maximum atomic E-state index is 5.36. The van der Waals surface area contributed by atoms with Crippen molar-refractivity contribution in [2.24, 2.45) is 0 Å². The van der Waals surface area contributed by atoms with E-state index in [1.165, 1.54) is 66.1 Å². The molecule has 0 spiro atoms. The van der Waals surface area contributed by atoms with Crippen molar-refractivity contribution in [3.05, 3.63) is 186 Å². The molecule has 56 heavy (non-hydrogen) atoms. The molecule has 0 N–H and O–H groups in total. The maximum Gasteiger partial charge on any atom is 0.160 e. The number of pyridine rings is 1. The summed E-state index contributed by atoms with van der Waals surface area (Å²) in [6, 6.07) is 57.0. The first-order chi connectivity index (χ1) is 27.3. The van der Waals surface area contributed by atoms with Crippen LogP contribution in [0.4, 0.5) is 0 Å². The summed E-state index contributed by atoms with van der Waals surface area (Å²) in [5, 5.41) is 4.72. The lowest BCUT2D eigenvalue weighted by atomic mass is 9.79. The monoisotopic (exact) mass is 717 g/mol. The normalized spacial score (nSPS) is 14.4. The van der Waals surface area contributed by atoms with Gasteiger partial charge in [-0.2, -0.15) is 0 Å². The number of hydrogen-bond acceptors (Lipinski definition) is 3. The number of hydrogen-bond donors (Lipinski definition) is 0. The van der Waals surface area contributed by atoms with Gasteiger partial charge in [0.2, 0.25) is 0 Å². The van der Waals surface area contributed by atoms with Crippen molar-refractivity contribution >= 4 is 21.5 Å². The van der Waals surface area contributed by atoms with Crippen LogP contribution in [0.15, 0.2) is 164 Å². The summed E-state index contributed by atoms with van der Waals surface area (Å²) < 4.78 is 0. The van der Waals surface area contributed by atoms with Gasteiger partial charge in [-0.1, -0.05) is 149 Å². The lowest BCUT2D eigenvalue weighted by Gasteiger charge is -2.24. The number of fused-ring (bicyclic) bond motifs is 8. The van der Waals surface area contributed by atoms with Gasteiger partial charge in [0.05, 0.1) is 17.1 Å². The van der Waals surface area contributed by atoms with Crippen LogP contribution < -0.4 is 0 Å². The number of rotatable bonds is 4. The van der Waals surface area contributed by atoms with Crippen molar-refractivity contribution in [2.75, 3.05) is 0 Å². The van der Waals surface area contributed by atoms with Crippen LogP contribution in [0.25, 0.3) is 89.0 Å². The van der Waals surface area contributed by atoms with Crippen LogP contribution in [0.2, 0.25) is 0 Å². The van der Waals surface area contributed by atoms with E-state index in [4.69, 9.17) is 15.0 Å². The van der Waals surface area contributed by atoms with Crippen molar-refractivity contribution in [2.45, 2.75) is 38.5 Å². The second-order valence-corrected chi connectivity index (χ2v) is 16.4. The van der Waals surface area contributed by atoms with Gasteiger partial charge in [0.1, 0.15) is 0 Å². The highest BCUT2D eigenvalue weighted by Crippen LogP contribution is 2.56. The third kappa shape index (κ3) is 4.80. The molecular formula is C53H39N3. The molecule has 11 rings (SSSR count). The fraction of sp³-hybridized carbons (Fsp3) is 0.113. The molecule has 3 nitrogen and oxygen atoms in total. The average molecular weight is 718 g/mol. The van der Waals surface area contributed by atoms with Gasteiger partial charge in [-0.25, -0.2) is 9.97 Å². The Hall–Kier alpha value is -6.71. The van der Waals surface area contributed by atoms with Crippen LogP contribution in [0, 0.1) is 0 Å². The smallest absolute Gasteiger partial charge is 0.160 e. The molecule has 9 aromatic rings. The molecule has 7 aromatic carbocycles. The molecule has 0 saturated heterocycles. The summed E-state index contributed by atoms with van der Waals surface area (Å²) in [6.07, 6.45) is 1.90. The lowest BCUT2D eigenvalue weighted by Crippen LogP contribution is -2.17. The van der Waals surface area contributed by atoms with Gasteiger partial charge in [0.25, 0.3) is 0 Å². The van der Waals surface area contributed by atoms with Gasteiger partial charge in [-0.3, -0.25) is 4.98 Å². The second kappa shape index (κ2) is 11.9. The summed E-state index contributed by atoms with van der Waals surface area (Å²) in [5.41, 5.74) is 17.5. The SMILES string of the molecule is CC1(C)c2ccccc2-c2cc3c(cc21)-c1ccc(-c2nc(-c4ccnc(-c5cccc6ccccc56)c4)cc(-c4cccc5ccccc45)n2)cc1C3(C)C. The predicted octanol–water partition coefficient (Wildman–Crippen LogP) is 13.5. The highest BCUT2D eigenvalue weighted by Gasteiger charge is 2.41. The minimum atomic E-state index is -0.202. The van der Waals surface area contributed by atoms with E-state index in [2.05, 4.69) is 185 Å². The number of benzene rings is 7. The van der Waals surface area contributed by atoms with Crippen molar-refractivity contribution < 1.29 is 0 Å². The Morgan fingerprint density at radius 2 is 0.893 bits per heavy atom.